The van der Waals surface area contributed by atoms with Crippen LogP contribution in [0.1, 0.15) is 34.1 Å². The normalized spacial score (nSPS) is 10.9. The third-order valence-electron chi connectivity index (χ3n) is 3.49. The van der Waals surface area contributed by atoms with Gasteiger partial charge in [-0.25, -0.2) is 9.89 Å². The van der Waals surface area contributed by atoms with E-state index in [2.05, 4.69) is 10.2 Å². The molecule has 0 bridgehead atoms. The minimum atomic E-state index is -0.525. The third-order valence-corrected chi connectivity index (χ3v) is 3.49. The third kappa shape index (κ3) is 2.25. The van der Waals surface area contributed by atoms with Crippen LogP contribution in [0.15, 0.2) is 4.79 Å². The number of aromatic nitrogens is 2. The van der Waals surface area contributed by atoms with Gasteiger partial charge in [0.05, 0.1) is 29.9 Å². The maximum atomic E-state index is 12.1. The van der Waals surface area contributed by atoms with E-state index < -0.39 is 11.5 Å². The minimum absolute atomic E-state index is 0.226. The second kappa shape index (κ2) is 5.53. The molecule has 0 atom stereocenters. The highest BCUT2D eigenvalue weighted by molar-refractivity contribution is 6.06. The number of hydrogen-bond donors (Lipinski definition) is 3. The quantitative estimate of drug-likeness (QED) is 0.568. The molecule has 0 aliphatic heterocycles. The number of carbonyl (C=O) groups is 1. The van der Waals surface area contributed by atoms with Crippen LogP contribution in [-0.2, 0) is 11.3 Å². The van der Waals surface area contributed by atoms with Gasteiger partial charge in [-0.15, -0.1) is 0 Å². The monoisotopic (exact) mass is 291 g/mol. The van der Waals surface area contributed by atoms with E-state index in [0.29, 0.717) is 16.5 Å². The number of esters is 1. The molecule has 4 N–H and O–H groups in total. The number of hydrogen-bond acceptors (Lipinski definition) is 6. The molecule has 0 saturated carbocycles. The minimum Gasteiger partial charge on any atom is -0.462 e. The summed E-state index contributed by atoms with van der Waals surface area (Å²) in [5, 5.41) is 16.1. The SMILES string of the molecule is CCOC(=O)c1c(C)c(N)c2c(CO)n[nH]c(=O)c2c1C. The van der Waals surface area contributed by atoms with Gasteiger partial charge in [0.25, 0.3) is 5.56 Å². The first-order valence-electron chi connectivity index (χ1n) is 6.51. The van der Waals surface area contributed by atoms with Crippen LogP contribution in [-0.4, -0.2) is 27.9 Å². The molecule has 7 nitrogen and oxygen atoms in total. The van der Waals surface area contributed by atoms with Crippen LogP contribution in [0.3, 0.4) is 0 Å². The first kappa shape index (κ1) is 15.0. The number of H-pyrrole nitrogens is 1. The Labute approximate surface area is 120 Å². The molecule has 0 spiro atoms. The summed E-state index contributed by atoms with van der Waals surface area (Å²) in [7, 11) is 0. The molecule has 7 heteroatoms. The Morgan fingerprint density at radius 1 is 1.33 bits per heavy atom. The van der Waals surface area contributed by atoms with Gasteiger partial charge in [-0.05, 0) is 31.9 Å². The number of carbonyl (C=O) groups excluding carboxylic acids is 1. The molecule has 2 aromatic rings. The number of aromatic amines is 1. The van der Waals surface area contributed by atoms with Crippen molar-refractivity contribution in [2.75, 3.05) is 12.3 Å². The van der Waals surface area contributed by atoms with Gasteiger partial charge in [0.2, 0.25) is 0 Å². The van der Waals surface area contributed by atoms with Crippen molar-refractivity contribution in [1.82, 2.24) is 10.2 Å². The van der Waals surface area contributed by atoms with Crippen molar-refractivity contribution < 1.29 is 14.6 Å². The number of nitrogens with one attached hydrogen (secondary N) is 1. The average molecular weight is 291 g/mol. The highest BCUT2D eigenvalue weighted by Crippen LogP contribution is 2.31. The van der Waals surface area contributed by atoms with Gasteiger partial charge in [0.1, 0.15) is 0 Å². The molecule has 112 valence electrons. The fourth-order valence-corrected chi connectivity index (χ4v) is 2.49. The van der Waals surface area contributed by atoms with Crippen LogP contribution in [0.2, 0.25) is 0 Å². The van der Waals surface area contributed by atoms with Gasteiger partial charge >= 0.3 is 5.97 Å². The number of nitrogens with zero attached hydrogens (tertiary/aromatic N) is 1. The van der Waals surface area contributed by atoms with E-state index >= 15 is 0 Å². The summed E-state index contributed by atoms with van der Waals surface area (Å²) in [4.78, 5) is 24.1. The number of aryl methyl sites for hydroxylation is 1. The standard InChI is InChI=1S/C14H17N3O4/c1-4-21-14(20)9-6(2)10-11(12(15)7(9)3)8(5-18)16-17-13(10)19/h18H,4-5,15H2,1-3H3,(H,17,19). The average Bonchev–Trinajstić information content (AvgIpc) is 2.45. The summed E-state index contributed by atoms with van der Waals surface area (Å²) < 4.78 is 5.02. The Morgan fingerprint density at radius 2 is 2.00 bits per heavy atom. The molecule has 0 fully saturated rings. The van der Waals surface area contributed by atoms with E-state index in [4.69, 9.17) is 10.5 Å². The van der Waals surface area contributed by atoms with Gasteiger partial charge in [-0.1, -0.05) is 0 Å². The fraction of sp³-hybridized carbons (Fsp3) is 0.357. The predicted octanol–water partition coefficient (Wildman–Crippen LogP) is 0.791. The van der Waals surface area contributed by atoms with E-state index in [1.54, 1.807) is 20.8 Å². The predicted molar refractivity (Wildman–Crippen MR) is 78.1 cm³/mol. The molecule has 0 saturated heterocycles. The van der Waals surface area contributed by atoms with Crippen LogP contribution >= 0.6 is 0 Å². The van der Waals surface area contributed by atoms with Crippen molar-refractivity contribution in [3.05, 3.63) is 32.7 Å². The fourth-order valence-electron chi connectivity index (χ4n) is 2.49. The number of fused-ring (bicyclic) bond motifs is 1. The molecule has 1 heterocycles. The molecule has 2 rings (SSSR count). The van der Waals surface area contributed by atoms with Crippen LogP contribution in [0.4, 0.5) is 5.69 Å². The molecule has 0 unspecified atom stereocenters. The lowest BCUT2D eigenvalue weighted by Gasteiger charge is -2.16. The van der Waals surface area contributed by atoms with Gasteiger partial charge in [-0.3, -0.25) is 4.79 Å². The van der Waals surface area contributed by atoms with E-state index in [1.807, 2.05) is 0 Å². The highest BCUT2D eigenvalue weighted by atomic mass is 16.5. The van der Waals surface area contributed by atoms with Crippen molar-refractivity contribution in [3.63, 3.8) is 0 Å². The molecular weight excluding hydrogens is 274 g/mol. The Bertz CT molecular complexity index is 780. The Hall–Kier alpha value is -2.41. The number of aliphatic hydroxyl groups excluding tert-OH is 1. The topological polar surface area (TPSA) is 118 Å². The van der Waals surface area contributed by atoms with Crippen LogP contribution < -0.4 is 11.3 Å². The zero-order valence-electron chi connectivity index (χ0n) is 12.1. The number of nitrogen functional groups attached to an aromatic ring is 1. The first-order valence-corrected chi connectivity index (χ1v) is 6.51. The molecule has 0 aliphatic rings. The van der Waals surface area contributed by atoms with Gasteiger partial charge < -0.3 is 15.6 Å². The molecule has 0 amide bonds. The summed E-state index contributed by atoms with van der Waals surface area (Å²) in [6.07, 6.45) is 0. The maximum Gasteiger partial charge on any atom is 0.338 e. The van der Waals surface area contributed by atoms with Crippen molar-refractivity contribution in [2.45, 2.75) is 27.4 Å². The second-order valence-corrected chi connectivity index (χ2v) is 4.67. The second-order valence-electron chi connectivity index (χ2n) is 4.67. The molecule has 0 radical (unpaired) electrons. The summed E-state index contributed by atoms with van der Waals surface area (Å²) in [5.74, 6) is -0.525. The molecule has 21 heavy (non-hydrogen) atoms. The Morgan fingerprint density at radius 3 is 2.57 bits per heavy atom. The van der Waals surface area contributed by atoms with Crippen LogP contribution in [0, 0.1) is 13.8 Å². The van der Waals surface area contributed by atoms with Crippen LogP contribution in [0.5, 0.6) is 0 Å². The Kier molecular flexibility index (Phi) is 3.95. The number of anilines is 1. The highest BCUT2D eigenvalue weighted by Gasteiger charge is 2.22. The molecule has 1 aromatic heterocycles. The van der Waals surface area contributed by atoms with Crippen molar-refractivity contribution in [1.29, 1.82) is 0 Å². The number of aliphatic hydroxyl groups is 1. The van der Waals surface area contributed by atoms with Gasteiger partial charge in [0.15, 0.2) is 0 Å². The number of nitrogens with two attached hydrogens (primary N) is 1. The molecule has 1 aromatic carbocycles. The van der Waals surface area contributed by atoms with Crippen LogP contribution in [0.25, 0.3) is 10.8 Å². The van der Waals surface area contributed by atoms with E-state index in [1.165, 1.54) is 0 Å². The zero-order chi connectivity index (χ0) is 15.7. The first-order chi connectivity index (χ1) is 9.93. The van der Waals surface area contributed by atoms with Crippen molar-refractivity contribution >= 4 is 22.4 Å². The lowest BCUT2D eigenvalue weighted by Crippen LogP contribution is -2.18. The van der Waals surface area contributed by atoms with Gasteiger partial charge in [-0.2, -0.15) is 5.10 Å². The number of ether oxygens (including phenoxy) is 1. The van der Waals surface area contributed by atoms with Crippen molar-refractivity contribution in [3.8, 4) is 0 Å². The largest absolute Gasteiger partial charge is 0.462 e. The number of rotatable bonds is 3. The molecule has 0 aliphatic carbocycles. The lowest BCUT2D eigenvalue weighted by atomic mass is 9.94. The van der Waals surface area contributed by atoms with E-state index in [-0.39, 0.29) is 35.5 Å². The zero-order valence-corrected chi connectivity index (χ0v) is 12.1. The van der Waals surface area contributed by atoms with Crippen molar-refractivity contribution in [2.24, 2.45) is 0 Å². The van der Waals surface area contributed by atoms with E-state index in [0.717, 1.165) is 0 Å². The summed E-state index contributed by atoms with van der Waals surface area (Å²) in [5.41, 5.74) is 7.37. The van der Waals surface area contributed by atoms with E-state index in [9.17, 15) is 14.7 Å². The lowest BCUT2D eigenvalue weighted by molar-refractivity contribution is 0.0525. The maximum absolute atomic E-state index is 12.1. The smallest absolute Gasteiger partial charge is 0.338 e. The number of benzene rings is 1. The van der Waals surface area contributed by atoms with Gasteiger partial charge in [0, 0.05) is 11.1 Å². The Balaban J connectivity index is 2.97. The molecular formula is C14H17N3O4. The summed E-state index contributed by atoms with van der Waals surface area (Å²) in [6.45, 7) is 4.89. The summed E-state index contributed by atoms with van der Waals surface area (Å²) >= 11 is 0. The summed E-state index contributed by atoms with van der Waals surface area (Å²) in [6, 6.07) is 0.